The Labute approximate surface area is 111 Å². The van der Waals surface area contributed by atoms with Gasteiger partial charge in [0.2, 0.25) is 0 Å². The zero-order valence-electron chi connectivity index (χ0n) is 11.3. The number of nitrogens with two attached hydrogens (primary N) is 1. The van der Waals surface area contributed by atoms with Crippen LogP contribution in [0, 0.1) is 0 Å². The number of fused-ring (bicyclic) bond motifs is 1. The Morgan fingerprint density at radius 3 is 2.95 bits per heavy atom. The molecule has 0 radical (unpaired) electrons. The van der Waals surface area contributed by atoms with Crippen LogP contribution in [0.3, 0.4) is 0 Å². The summed E-state index contributed by atoms with van der Waals surface area (Å²) in [6.45, 7) is 3.82. The number of carbonyl (C=O) groups excluding carboxylic acids is 1. The predicted octanol–water partition coefficient (Wildman–Crippen LogP) is -0.493. The fourth-order valence-electron chi connectivity index (χ4n) is 2.50. The van der Waals surface area contributed by atoms with E-state index in [2.05, 4.69) is 0 Å². The molecule has 0 aromatic rings. The van der Waals surface area contributed by atoms with Crippen LogP contribution in [0.4, 0.5) is 0 Å². The first-order valence-electron chi connectivity index (χ1n) is 6.47. The maximum absolute atomic E-state index is 11.4. The Hall–Kier alpha value is -0.730. The van der Waals surface area contributed by atoms with Gasteiger partial charge in [-0.05, 0) is 13.8 Å². The zero-order valence-corrected chi connectivity index (χ0v) is 11.3. The summed E-state index contributed by atoms with van der Waals surface area (Å²) in [7, 11) is 0. The van der Waals surface area contributed by atoms with Crippen molar-refractivity contribution >= 4 is 5.97 Å². The summed E-state index contributed by atoms with van der Waals surface area (Å²) in [5.74, 6) is -1.25. The van der Waals surface area contributed by atoms with Gasteiger partial charge in [-0.3, -0.25) is 10.5 Å². The first-order valence-corrected chi connectivity index (χ1v) is 6.47. The summed E-state index contributed by atoms with van der Waals surface area (Å²) in [4.78, 5) is 11.4. The molecule has 7 heteroatoms. The topological polar surface area (TPSA) is 100 Å². The number of hydrogen-bond donors (Lipinski definition) is 2. The monoisotopic (exact) mass is 275 g/mol. The van der Waals surface area contributed by atoms with Crippen molar-refractivity contribution in [1.29, 1.82) is 0 Å². The molecule has 4 atom stereocenters. The molecular weight excluding hydrogens is 254 g/mol. The van der Waals surface area contributed by atoms with E-state index in [0.29, 0.717) is 13.0 Å². The molecule has 0 aromatic heterocycles. The van der Waals surface area contributed by atoms with Crippen LogP contribution < -0.4 is 5.73 Å². The lowest BCUT2D eigenvalue weighted by molar-refractivity contribution is -0.208. The van der Waals surface area contributed by atoms with Crippen LogP contribution in [0.5, 0.6) is 0 Å². The Balaban J connectivity index is 1.94. The summed E-state index contributed by atoms with van der Waals surface area (Å²) < 4.78 is 21.7. The lowest BCUT2D eigenvalue weighted by atomic mass is 10.1. The first-order chi connectivity index (χ1) is 8.92. The van der Waals surface area contributed by atoms with Gasteiger partial charge in [-0.1, -0.05) is 0 Å². The molecule has 2 aliphatic rings. The third-order valence-electron chi connectivity index (χ3n) is 3.39. The summed E-state index contributed by atoms with van der Waals surface area (Å²) in [6.07, 6.45) is -0.476. The highest BCUT2D eigenvalue weighted by molar-refractivity contribution is 5.69. The van der Waals surface area contributed by atoms with Crippen molar-refractivity contribution in [2.75, 3.05) is 19.8 Å². The second-order valence-electron chi connectivity index (χ2n) is 5.07. The van der Waals surface area contributed by atoms with Crippen molar-refractivity contribution in [3.63, 3.8) is 0 Å². The quantitative estimate of drug-likeness (QED) is 0.653. The number of esters is 1. The van der Waals surface area contributed by atoms with Gasteiger partial charge in [-0.2, -0.15) is 0 Å². The summed E-state index contributed by atoms with van der Waals surface area (Å²) >= 11 is 0. The van der Waals surface area contributed by atoms with Crippen molar-refractivity contribution in [3.05, 3.63) is 0 Å². The molecule has 2 rings (SSSR count). The van der Waals surface area contributed by atoms with Crippen LogP contribution in [-0.4, -0.2) is 54.6 Å². The summed E-state index contributed by atoms with van der Waals surface area (Å²) in [5.41, 5.74) is 5.01. The van der Waals surface area contributed by atoms with E-state index in [9.17, 15) is 9.90 Å². The van der Waals surface area contributed by atoms with E-state index in [1.807, 2.05) is 0 Å². The molecule has 7 nitrogen and oxygen atoms in total. The van der Waals surface area contributed by atoms with Gasteiger partial charge >= 0.3 is 5.97 Å². The molecule has 2 saturated heterocycles. The normalized spacial score (nSPS) is 41.3. The van der Waals surface area contributed by atoms with E-state index in [-0.39, 0.29) is 25.6 Å². The number of aliphatic hydroxyl groups is 1. The minimum atomic E-state index is -1.06. The first kappa shape index (κ1) is 14.7. The number of rotatable bonds is 5. The van der Waals surface area contributed by atoms with Gasteiger partial charge in [0.25, 0.3) is 0 Å². The van der Waals surface area contributed by atoms with Crippen molar-refractivity contribution in [2.24, 2.45) is 5.73 Å². The molecule has 2 aliphatic heterocycles. The van der Waals surface area contributed by atoms with E-state index < -0.39 is 23.7 Å². The van der Waals surface area contributed by atoms with Gasteiger partial charge < -0.3 is 24.1 Å². The second-order valence-corrected chi connectivity index (χ2v) is 5.07. The van der Waals surface area contributed by atoms with Crippen LogP contribution in [0.2, 0.25) is 0 Å². The maximum atomic E-state index is 11.4. The largest absolute Gasteiger partial charge is 0.466 e. The van der Waals surface area contributed by atoms with Gasteiger partial charge in [0.05, 0.1) is 26.2 Å². The summed E-state index contributed by atoms with van der Waals surface area (Å²) in [6, 6.07) is 0. The van der Waals surface area contributed by atoms with Crippen LogP contribution in [0.15, 0.2) is 0 Å². The molecule has 0 saturated carbocycles. The molecular formula is C12H21NO6. The standard InChI is InChI=1S/C12H21NO6/c1-3-16-9(15)4-5-11(2)18-10-8(6-14)17-7-12(10,13)19-11/h8,10,14H,3-7,13H2,1-2H3/t8-,10+,11-,12-/m1/s1. The molecule has 0 aromatic carbocycles. The van der Waals surface area contributed by atoms with E-state index in [4.69, 9.17) is 24.7 Å². The van der Waals surface area contributed by atoms with E-state index in [0.717, 1.165) is 0 Å². The summed E-state index contributed by atoms with van der Waals surface area (Å²) in [5, 5.41) is 9.20. The van der Waals surface area contributed by atoms with Crippen molar-refractivity contribution < 1.29 is 28.8 Å². The fraction of sp³-hybridized carbons (Fsp3) is 0.917. The molecule has 0 spiro atoms. The highest BCUT2D eigenvalue weighted by atomic mass is 16.8. The Morgan fingerprint density at radius 1 is 1.58 bits per heavy atom. The van der Waals surface area contributed by atoms with Crippen LogP contribution in [0.25, 0.3) is 0 Å². The second kappa shape index (κ2) is 5.34. The molecule has 0 amide bonds. The van der Waals surface area contributed by atoms with E-state index in [1.54, 1.807) is 13.8 Å². The molecule has 0 aliphatic carbocycles. The number of carbonyl (C=O) groups is 1. The number of ether oxygens (including phenoxy) is 4. The average molecular weight is 275 g/mol. The smallest absolute Gasteiger partial charge is 0.305 e. The van der Waals surface area contributed by atoms with Gasteiger partial charge in [-0.25, -0.2) is 0 Å². The molecule has 2 fully saturated rings. The van der Waals surface area contributed by atoms with Crippen molar-refractivity contribution in [1.82, 2.24) is 0 Å². The minimum Gasteiger partial charge on any atom is -0.466 e. The molecule has 3 N–H and O–H groups in total. The van der Waals surface area contributed by atoms with Crippen molar-refractivity contribution in [3.8, 4) is 0 Å². The third kappa shape index (κ3) is 2.90. The Morgan fingerprint density at radius 2 is 2.32 bits per heavy atom. The minimum absolute atomic E-state index is 0.165. The van der Waals surface area contributed by atoms with Gasteiger partial charge in [-0.15, -0.1) is 0 Å². The van der Waals surface area contributed by atoms with E-state index in [1.165, 1.54) is 0 Å². The van der Waals surface area contributed by atoms with Crippen LogP contribution >= 0.6 is 0 Å². The molecule has 2 heterocycles. The highest BCUT2D eigenvalue weighted by Crippen LogP contribution is 2.42. The van der Waals surface area contributed by atoms with Crippen LogP contribution in [-0.2, 0) is 23.7 Å². The molecule has 110 valence electrons. The Kier molecular flexibility index (Phi) is 4.12. The average Bonchev–Trinajstić information content (AvgIpc) is 2.77. The highest BCUT2D eigenvalue weighted by Gasteiger charge is 2.60. The lowest BCUT2D eigenvalue weighted by Gasteiger charge is -2.26. The third-order valence-corrected chi connectivity index (χ3v) is 3.39. The van der Waals surface area contributed by atoms with Crippen molar-refractivity contribution in [2.45, 2.75) is 50.4 Å². The fourth-order valence-corrected chi connectivity index (χ4v) is 2.50. The SMILES string of the molecule is CCOC(=O)CC[C@]1(C)O[C@H]2[C@@H](CO)OC[C@@]2(N)O1. The lowest BCUT2D eigenvalue weighted by Crippen LogP contribution is -2.50. The molecule has 19 heavy (non-hydrogen) atoms. The van der Waals surface area contributed by atoms with Gasteiger partial charge in [0, 0.05) is 6.42 Å². The predicted molar refractivity (Wildman–Crippen MR) is 64.0 cm³/mol. The number of hydrogen-bond acceptors (Lipinski definition) is 7. The van der Waals surface area contributed by atoms with E-state index >= 15 is 0 Å². The molecule has 0 unspecified atom stereocenters. The maximum Gasteiger partial charge on any atom is 0.305 e. The van der Waals surface area contributed by atoms with Gasteiger partial charge in [0.15, 0.2) is 11.5 Å². The Bertz CT molecular complexity index is 351. The van der Waals surface area contributed by atoms with Crippen LogP contribution in [0.1, 0.15) is 26.7 Å². The number of aliphatic hydroxyl groups excluding tert-OH is 1. The zero-order chi connectivity index (χ0) is 14.1. The molecule has 0 bridgehead atoms. The van der Waals surface area contributed by atoms with Gasteiger partial charge in [0.1, 0.15) is 12.2 Å².